The second-order valence-electron chi connectivity index (χ2n) is 7.22. The highest BCUT2D eigenvalue weighted by Crippen LogP contribution is 2.39. The van der Waals surface area contributed by atoms with Crippen molar-refractivity contribution in [1.82, 2.24) is 4.90 Å². The lowest BCUT2D eigenvalue weighted by Gasteiger charge is -2.27. The van der Waals surface area contributed by atoms with Crippen molar-refractivity contribution < 1.29 is 13.9 Å². The molecule has 5 rings (SSSR count). The summed E-state index contributed by atoms with van der Waals surface area (Å²) in [6.07, 6.45) is 1.83. The summed E-state index contributed by atoms with van der Waals surface area (Å²) in [6, 6.07) is 13.8. The molecule has 0 N–H and O–H groups in total. The normalized spacial score (nSPS) is 21.5. The minimum absolute atomic E-state index is 0.0375. The summed E-state index contributed by atoms with van der Waals surface area (Å²) >= 11 is 6.21. The van der Waals surface area contributed by atoms with Crippen molar-refractivity contribution in [2.75, 3.05) is 13.2 Å². The van der Waals surface area contributed by atoms with Gasteiger partial charge in [0, 0.05) is 18.2 Å². The molecule has 1 amide bonds. The van der Waals surface area contributed by atoms with Crippen molar-refractivity contribution in [1.29, 1.82) is 0 Å². The lowest BCUT2D eigenvalue weighted by atomic mass is 9.98. The van der Waals surface area contributed by atoms with Crippen molar-refractivity contribution in [3.05, 3.63) is 80.7 Å². The number of halogens is 1. The lowest BCUT2D eigenvalue weighted by molar-refractivity contribution is 0.0486. The summed E-state index contributed by atoms with van der Waals surface area (Å²) in [7, 11) is 0. The largest absolute Gasteiger partial charge is 0.450 e. The van der Waals surface area contributed by atoms with Gasteiger partial charge >= 0.3 is 0 Å². The van der Waals surface area contributed by atoms with Crippen molar-refractivity contribution in [3.8, 4) is 0 Å². The van der Waals surface area contributed by atoms with Crippen LogP contribution in [0.2, 0.25) is 5.02 Å². The van der Waals surface area contributed by atoms with Gasteiger partial charge in [-0.15, -0.1) is 0 Å². The van der Waals surface area contributed by atoms with E-state index in [1.165, 1.54) is 0 Å². The van der Waals surface area contributed by atoms with E-state index in [1.54, 1.807) is 41.3 Å². The fraction of sp³-hybridized carbons (Fsp3) is 0.273. The van der Waals surface area contributed by atoms with Crippen LogP contribution in [-0.2, 0) is 4.74 Å². The summed E-state index contributed by atoms with van der Waals surface area (Å²) in [5.41, 5.74) is 1.41. The molecular formula is C22H18ClNO4. The van der Waals surface area contributed by atoms with Gasteiger partial charge in [-0.25, -0.2) is 0 Å². The quantitative estimate of drug-likeness (QED) is 0.667. The number of amides is 1. The zero-order valence-corrected chi connectivity index (χ0v) is 15.8. The van der Waals surface area contributed by atoms with Crippen LogP contribution in [0, 0.1) is 0 Å². The van der Waals surface area contributed by atoms with Crippen molar-refractivity contribution in [2.24, 2.45) is 0 Å². The third kappa shape index (κ3) is 2.74. The fourth-order valence-electron chi connectivity index (χ4n) is 4.19. The predicted molar refractivity (Wildman–Crippen MR) is 106 cm³/mol. The minimum Gasteiger partial charge on any atom is -0.450 e. The molecule has 3 aromatic rings. The highest BCUT2D eigenvalue weighted by atomic mass is 35.5. The number of hydrogen-bond acceptors (Lipinski definition) is 4. The molecule has 6 heteroatoms. The zero-order valence-electron chi connectivity index (χ0n) is 15.1. The Labute approximate surface area is 166 Å². The van der Waals surface area contributed by atoms with E-state index in [0.717, 1.165) is 18.4 Å². The van der Waals surface area contributed by atoms with Crippen LogP contribution >= 0.6 is 11.6 Å². The molecule has 142 valence electrons. The molecule has 2 atom stereocenters. The molecule has 1 fully saturated rings. The van der Waals surface area contributed by atoms with Gasteiger partial charge < -0.3 is 14.1 Å². The number of ether oxygens (including phenoxy) is 1. The van der Waals surface area contributed by atoms with E-state index in [9.17, 15) is 9.59 Å². The Hall–Kier alpha value is -2.63. The van der Waals surface area contributed by atoms with Gasteiger partial charge in [0.1, 0.15) is 5.58 Å². The van der Waals surface area contributed by atoms with Gasteiger partial charge in [-0.3, -0.25) is 9.59 Å². The molecule has 5 nitrogen and oxygen atoms in total. The Morgan fingerprint density at radius 1 is 1.11 bits per heavy atom. The van der Waals surface area contributed by atoms with Gasteiger partial charge in [-0.05, 0) is 42.7 Å². The Balaban J connectivity index is 1.71. The van der Waals surface area contributed by atoms with Crippen LogP contribution in [0.5, 0.6) is 0 Å². The Morgan fingerprint density at radius 2 is 1.96 bits per heavy atom. The fourth-order valence-corrected chi connectivity index (χ4v) is 4.39. The molecule has 0 aliphatic carbocycles. The van der Waals surface area contributed by atoms with Crippen molar-refractivity contribution in [3.63, 3.8) is 0 Å². The highest BCUT2D eigenvalue weighted by molar-refractivity contribution is 6.30. The zero-order chi connectivity index (χ0) is 19.3. The molecule has 28 heavy (non-hydrogen) atoms. The van der Waals surface area contributed by atoms with Gasteiger partial charge in [0.15, 0.2) is 5.43 Å². The average Bonchev–Trinajstić information content (AvgIpc) is 3.30. The number of nitrogens with zero attached hydrogens (tertiary/aromatic N) is 1. The van der Waals surface area contributed by atoms with E-state index in [0.29, 0.717) is 34.7 Å². The number of carbonyl (C=O) groups is 1. The van der Waals surface area contributed by atoms with Gasteiger partial charge in [0.2, 0.25) is 5.76 Å². The first kappa shape index (κ1) is 17.5. The SMILES string of the molecule is O=C1c2oc3ccccc3c(=O)c2[C@@H](c2cccc(Cl)c2)N1C[C@@H]1CCCO1. The van der Waals surface area contributed by atoms with Gasteiger partial charge in [0.05, 0.1) is 23.1 Å². The second-order valence-corrected chi connectivity index (χ2v) is 7.66. The number of rotatable bonds is 3. The molecule has 2 aliphatic rings. The third-order valence-corrected chi connectivity index (χ3v) is 5.70. The molecule has 1 aromatic heterocycles. The smallest absolute Gasteiger partial charge is 0.291 e. The molecule has 2 aromatic carbocycles. The first-order valence-corrected chi connectivity index (χ1v) is 9.75. The molecule has 0 radical (unpaired) electrons. The Bertz CT molecular complexity index is 1130. The summed E-state index contributed by atoms with van der Waals surface area (Å²) < 4.78 is 11.7. The molecule has 0 bridgehead atoms. The standard InChI is InChI=1S/C22H18ClNO4/c23-14-6-3-5-13(11-14)19-18-20(25)16-8-1-2-9-17(16)28-21(18)22(26)24(19)12-15-7-4-10-27-15/h1-3,5-6,8-9,11,15,19H,4,7,10,12H2/t15-,19+/m0/s1. The van der Waals surface area contributed by atoms with Crippen LogP contribution in [0.15, 0.2) is 57.7 Å². The Kier molecular flexibility index (Phi) is 4.22. The Morgan fingerprint density at radius 3 is 2.75 bits per heavy atom. The highest BCUT2D eigenvalue weighted by Gasteiger charge is 2.43. The van der Waals surface area contributed by atoms with Crippen LogP contribution in [0.25, 0.3) is 11.0 Å². The van der Waals surface area contributed by atoms with E-state index < -0.39 is 6.04 Å². The third-order valence-electron chi connectivity index (χ3n) is 5.46. The van der Waals surface area contributed by atoms with E-state index in [2.05, 4.69) is 0 Å². The van der Waals surface area contributed by atoms with E-state index in [1.807, 2.05) is 12.1 Å². The molecule has 0 spiro atoms. The van der Waals surface area contributed by atoms with Crippen molar-refractivity contribution >= 4 is 28.5 Å². The first-order chi connectivity index (χ1) is 13.6. The van der Waals surface area contributed by atoms with E-state index in [4.69, 9.17) is 20.8 Å². The molecule has 3 heterocycles. The topological polar surface area (TPSA) is 59.8 Å². The number of para-hydroxylation sites is 1. The minimum atomic E-state index is -0.536. The predicted octanol–water partition coefficient (Wildman–Crippen LogP) is 4.17. The van der Waals surface area contributed by atoms with Gasteiger partial charge in [-0.2, -0.15) is 0 Å². The average molecular weight is 396 g/mol. The van der Waals surface area contributed by atoms with E-state index in [-0.39, 0.29) is 23.2 Å². The number of fused-ring (bicyclic) bond motifs is 2. The van der Waals surface area contributed by atoms with Gasteiger partial charge in [-0.1, -0.05) is 35.9 Å². The maximum absolute atomic E-state index is 13.3. The first-order valence-electron chi connectivity index (χ1n) is 9.37. The van der Waals surface area contributed by atoms with Crippen LogP contribution in [0.1, 0.15) is 40.6 Å². The van der Waals surface area contributed by atoms with Crippen LogP contribution in [-0.4, -0.2) is 30.1 Å². The number of carbonyl (C=O) groups excluding carboxylic acids is 1. The monoisotopic (exact) mass is 395 g/mol. The molecule has 0 unspecified atom stereocenters. The van der Waals surface area contributed by atoms with Crippen molar-refractivity contribution in [2.45, 2.75) is 25.0 Å². The molecular weight excluding hydrogens is 378 g/mol. The number of hydrogen-bond donors (Lipinski definition) is 0. The maximum atomic E-state index is 13.3. The van der Waals surface area contributed by atoms with Crippen LogP contribution in [0.3, 0.4) is 0 Å². The maximum Gasteiger partial charge on any atom is 0.291 e. The molecule has 2 aliphatic heterocycles. The van der Waals surface area contributed by atoms with E-state index >= 15 is 0 Å². The molecule has 0 saturated carbocycles. The van der Waals surface area contributed by atoms with Gasteiger partial charge in [0.25, 0.3) is 5.91 Å². The second kappa shape index (κ2) is 6.76. The summed E-state index contributed by atoms with van der Waals surface area (Å²) in [4.78, 5) is 28.3. The summed E-state index contributed by atoms with van der Waals surface area (Å²) in [6.45, 7) is 1.11. The van der Waals surface area contributed by atoms with Crippen LogP contribution < -0.4 is 5.43 Å². The molecule has 1 saturated heterocycles. The lowest BCUT2D eigenvalue weighted by Crippen LogP contribution is -2.36. The summed E-state index contributed by atoms with van der Waals surface area (Å²) in [5, 5.41) is 1.03. The number of benzene rings is 2. The summed E-state index contributed by atoms with van der Waals surface area (Å²) in [5.74, 6) is -0.162. The van der Waals surface area contributed by atoms with Crippen LogP contribution in [0.4, 0.5) is 0 Å².